The molecular formula is C12H14N2O4. The molecule has 0 fully saturated rings. The quantitative estimate of drug-likeness (QED) is 0.765. The molecule has 0 saturated heterocycles. The van der Waals surface area contributed by atoms with Crippen LogP contribution < -0.4 is 0 Å². The van der Waals surface area contributed by atoms with Crippen LogP contribution in [0.3, 0.4) is 0 Å². The average molecular weight is 250 g/mol. The Balaban J connectivity index is 2.15. The molecule has 2 aliphatic rings. The number of rotatable bonds is 1. The maximum atomic E-state index is 11.9. The van der Waals surface area contributed by atoms with Crippen LogP contribution >= 0.6 is 0 Å². The Morgan fingerprint density at radius 1 is 1.44 bits per heavy atom. The summed E-state index contributed by atoms with van der Waals surface area (Å²) in [5.41, 5.74) is 0.0775. The SMILES string of the molecule is CC(C)(C)OC(=O)N1C=NC2=CC(C(=O)O)=CC21. The summed E-state index contributed by atoms with van der Waals surface area (Å²) in [6.07, 6.45) is 3.75. The highest BCUT2D eigenvalue weighted by Crippen LogP contribution is 2.28. The molecule has 0 aromatic carbocycles. The number of aliphatic carboxylic acids is 1. The highest BCUT2D eigenvalue weighted by atomic mass is 16.6. The Morgan fingerprint density at radius 3 is 2.67 bits per heavy atom. The van der Waals surface area contributed by atoms with E-state index in [4.69, 9.17) is 9.84 Å². The third-order valence-electron chi connectivity index (χ3n) is 2.43. The van der Waals surface area contributed by atoms with Crippen molar-refractivity contribution in [2.75, 3.05) is 0 Å². The number of carbonyl (C=O) groups is 2. The van der Waals surface area contributed by atoms with Crippen LogP contribution in [0.25, 0.3) is 0 Å². The lowest BCUT2D eigenvalue weighted by Gasteiger charge is -2.25. The number of amides is 1. The fourth-order valence-electron chi connectivity index (χ4n) is 1.69. The number of nitrogens with zero attached hydrogens (tertiary/aromatic N) is 2. The van der Waals surface area contributed by atoms with Crippen molar-refractivity contribution in [1.29, 1.82) is 0 Å². The van der Waals surface area contributed by atoms with E-state index in [2.05, 4.69) is 4.99 Å². The van der Waals surface area contributed by atoms with Crippen LogP contribution in [0.4, 0.5) is 4.79 Å². The van der Waals surface area contributed by atoms with Gasteiger partial charge in [0.25, 0.3) is 0 Å². The second-order valence-corrected chi connectivity index (χ2v) is 5.07. The van der Waals surface area contributed by atoms with Gasteiger partial charge in [0.15, 0.2) is 0 Å². The zero-order valence-corrected chi connectivity index (χ0v) is 10.4. The van der Waals surface area contributed by atoms with E-state index in [0.29, 0.717) is 5.70 Å². The van der Waals surface area contributed by atoms with Gasteiger partial charge in [0.2, 0.25) is 0 Å². The molecule has 1 aliphatic carbocycles. The predicted octanol–water partition coefficient (Wildman–Crippen LogP) is 1.54. The Labute approximate surface area is 104 Å². The molecule has 0 spiro atoms. The smallest absolute Gasteiger partial charge is 0.416 e. The predicted molar refractivity (Wildman–Crippen MR) is 64.2 cm³/mol. The molecule has 6 heteroatoms. The van der Waals surface area contributed by atoms with E-state index in [0.717, 1.165) is 0 Å². The van der Waals surface area contributed by atoms with Gasteiger partial charge in [-0.2, -0.15) is 0 Å². The number of carboxylic acids is 1. The first-order valence-electron chi connectivity index (χ1n) is 5.50. The number of carboxylic acid groups (broad SMARTS) is 1. The first-order chi connectivity index (χ1) is 8.28. The first kappa shape index (κ1) is 12.3. The Bertz CT molecular complexity index is 497. The molecule has 1 N–H and O–H groups in total. The second-order valence-electron chi connectivity index (χ2n) is 5.07. The summed E-state index contributed by atoms with van der Waals surface area (Å²) in [4.78, 5) is 28.0. The maximum Gasteiger partial charge on any atom is 0.416 e. The van der Waals surface area contributed by atoms with Crippen molar-refractivity contribution in [1.82, 2.24) is 4.90 Å². The number of carbonyl (C=O) groups excluding carboxylic acids is 1. The van der Waals surface area contributed by atoms with Crippen molar-refractivity contribution in [3.8, 4) is 0 Å². The third-order valence-corrected chi connectivity index (χ3v) is 2.43. The van der Waals surface area contributed by atoms with Gasteiger partial charge in [0.05, 0.1) is 11.3 Å². The fourth-order valence-corrected chi connectivity index (χ4v) is 1.69. The minimum atomic E-state index is -1.03. The van der Waals surface area contributed by atoms with E-state index in [1.54, 1.807) is 20.8 Å². The number of ether oxygens (including phenoxy) is 1. The van der Waals surface area contributed by atoms with Crippen LogP contribution in [-0.4, -0.2) is 40.1 Å². The zero-order chi connectivity index (χ0) is 13.5. The van der Waals surface area contributed by atoms with Crippen molar-refractivity contribution in [2.45, 2.75) is 32.4 Å². The number of hydrogen-bond donors (Lipinski definition) is 1. The average Bonchev–Trinajstić information content (AvgIpc) is 2.71. The molecule has 0 bridgehead atoms. The molecule has 6 nitrogen and oxygen atoms in total. The zero-order valence-electron chi connectivity index (χ0n) is 10.4. The van der Waals surface area contributed by atoms with Crippen LogP contribution in [0.15, 0.2) is 28.4 Å². The van der Waals surface area contributed by atoms with Crippen molar-refractivity contribution in [3.63, 3.8) is 0 Å². The Kier molecular flexibility index (Phi) is 2.73. The molecule has 96 valence electrons. The molecular weight excluding hydrogens is 236 g/mol. The summed E-state index contributed by atoms with van der Waals surface area (Å²) in [6.45, 7) is 5.30. The molecule has 0 saturated carbocycles. The lowest BCUT2D eigenvalue weighted by Crippen LogP contribution is -2.39. The van der Waals surface area contributed by atoms with Gasteiger partial charge in [-0.25, -0.2) is 14.6 Å². The van der Waals surface area contributed by atoms with E-state index >= 15 is 0 Å². The van der Waals surface area contributed by atoms with Gasteiger partial charge in [0.1, 0.15) is 18.0 Å². The van der Waals surface area contributed by atoms with E-state index < -0.39 is 23.7 Å². The summed E-state index contributed by atoms with van der Waals surface area (Å²) in [5.74, 6) is -1.03. The van der Waals surface area contributed by atoms with E-state index in [1.807, 2.05) is 0 Å². The lowest BCUT2D eigenvalue weighted by atomic mass is 10.2. The molecule has 18 heavy (non-hydrogen) atoms. The van der Waals surface area contributed by atoms with Crippen molar-refractivity contribution in [3.05, 3.63) is 23.4 Å². The van der Waals surface area contributed by atoms with Gasteiger partial charge in [-0.3, -0.25) is 4.90 Å². The van der Waals surface area contributed by atoms with Gasteiger partial charge in [0, 0.05) is 0 Å². The molecule has 1 heterocycles. The maximum absolute atomic E-state index is 11.9. The summed E-state index contributed by atoms with van der Waals surface area (Å²) in [6, 6.07) is -0.467. The highest BCUT2D eigenvalue weighted by molar-refractivity contribution is 5.94. The molecule has 1 unspecified atom stereocenters. The summed E-state index contributed by atoms with van der Waals surface area (Å²) < 4.78 is 5.22. The topological polar surface area (TPSA) is 79.2 Å². The molecule has 1 atom stereocenters. The third kappa shape index (κ3) is 2.27. The highest BCUT2D eigenvalue weighted by Gasteiger charge is 2.35. The normalized spacial score (nSPS) is 21.5. The number of hydrogen-bond acceptors (Lipinski definition) is 4. The molecule has 0 radical (unpaired) electrons. The van der Waals surface area contributed by atoms with Gasteiger partial charge < -0.3 is 9.84 Å². The van der Waals surface area contributed by atoms with Crippen molar-refractivity contribution in [2.24, 2.45) is 4.99 Å². The molecule has 2 rings (SSSR count). The van der Waals surface area contributed by atoms with Gasteiger partial charge >= 0.3 is 12.1 Å². The van der Waals surface area contributed by atoms with Crippen LogP contribution in [0.2, 0.25) is 0 Å². The van der Waals surface area contributed by atoms with Crippen molar-refractivity contribution < 1.29 is 19.4 Å². The van der Waals surface area contributed by atoms with Gasteiger partial charge in [-0.1, -0.05) is 0 Å². The largest absolute Gasteiger partial charge is 0.478 e. The summed E-state index contributed by atoms with van der Waals surface area (Å²) in [7, 11) is 0. The van der Waals surface area contributed by atoms with Crippen molar-refractivity contribution >= 4 is 18.4 Å². The van der Waals surface area contributed by atoms with E-state index in [1.165, 1.54) is 23.4 Å². The fraction of sp³-hybridized carbons (Fsp3) is 0.417. The minimum Gasteiger partial charge on any atom is -0.478 e. The summed E-state index contributed by atoms with van der Waals surface area (Å²) in [5, 5.41) is 8.88. The van der Waals surface area contributed by atoms with E-state index in [-0.39, 0.29) is 5.57 Å². The minimum absolute atomic E-state index is 0.139. The van der Waals surface area contributed by atoms with Crippen LogP contribution in [0.5, 0.6) is 0 Å². The molecule has 0 aromatic rings. The number of fused-ring (bicyclic) bond motifs is 1. The van der Waals surface area contributed by atoms with Crippen LogP contribution in [-0.2, 0) is 9.53 Å². The Morgan fingerprint density at radius 2 is 2.11 bits per heavy atom. The second kappa shape index (κ2) is 3.97. The lowest BCUT2D eigenvalue weighted by molar-refractivity contribution is -0.132. The first-order valence-corrected chi connectivity index (χ1v) is 5.50. The number of aliphatic imine (C=N–C) groups is 1. The molecule has 0 aromatic heterocycles. The molecule has 1 aliphatic heterocycles. The van der Waals surface area contributed by atoms with Gasteiger partial charge in [-0.05, 0) is 32.9 Å². The summed E-state index contributed by atoms with van der Waals surface area (Å²) >= 11 is 0. The monoisotopic (exact) mass is 250 g/mol. The van der Waals surface area contributed by atoms with Crippen LogP contribution in [0.1, 0.15) is 20.8 Å². The van der Waals surface area contributed by atoms with Gasteiger partial charge in [-0.15, -0.1) is 0 Å². The van der Waals surface area contributed by atoms with Crippen LogP contribution in [0, 0.1) is 0 Å². The Hall–Kier alpha value is -2.11. The standard InChI is InChI=1S/C12H14N2O4/c1-12(2,3)18-11(17)14-6-13-8-4-7(10(15)16)5-9(8)14/h4-6,9H,1-3H3,(H,15,16). The van der Waals surface area contributed by atoms with E-state index in [9.17, 15) is 9.59 Å². The molecule has 1 amide bonds.